The van der Waals surface area contributed by atoms with Gasteiger partial charge in [0.1, 0.15) is 11.4 Å². The van der Waals surface area contributed by atoms with E-state index in [1.54, 1.807) is 6.07 Å². The highest BCUT2D eigenvalue weighted by Crippen LogP contribution is 2.33. The van der Waals surface area contributed by atoms with Crippen molar-refractivity contribution in [3.05, 3.63) is 45.6 Å². The molecule has 0 amide bonds. The molecule has 2 N–H and O–H groups in total. The van der Waals surface area contributed by atoms with Crippen LogP contribution < -0.4 is 11.2 Å². The third kappa shape index (κ3) is 2.56. The van der Waals surface area contributed by atoms with E-state index in [0.717, 1.165) is 5.56 Å². The van der Waals surface area contributed by atoms with Gasteiger partial charge >= 0.3 is 0 Å². The van der Waals surface area contributed by atoms with Crippen molar-refractivity contribution in [3.63, 3.8) is 0 Å². The minimum absolute atomic E-state index is 0.0164. The Morgan fingerprint density at radius 2 is 1.83 bits per heavy atom. The number of benzene rings is 1. The van der Waals surface area contributed by atoms with Crippen LogP contribution in [0.1, 0.15) is 55.6 Å². The topological polar surface area (TPSA) is 69.1 Å². The molecule has 0 bridgehead atoms. The molecule has 124 valence electrons. The lowest BCUT2D eigenvalue weighted by Crippen LogP contribution is -2.07. The number of nitrogen functional groups attached to an aromatic ring is 1. The first kappa shape index (κ1) is 15.2. The van der Waals surface area contributed by atoms with E-state index in [1.807, 2.05) is 19.1 Å². The van der Waals surface area contributed by atoms with Gasteiger partial charge in [-0.05, 0) is 55.0 Å². The predicted molar refractivity (Wildman–Crippen MR) is 97.4 cm³/mol. The van der Waals surface area contributed by atoms with E-state index < -0.39 is 0 Å². The summed E-state index contributed by atoms with van der Waals surface area (Å²) in [6, 6.07) is 7.82. The van der Waals surface area contributed by atoms with Gasteiger partial charge in [0, 0.05) is 0 Å². The van der Waals surface area contributed by atoms with Crippen LogP contribution in [0.4, 0.5) is 5.82 Å². The van der Waals surface area contributed by atoms with Crippen LogP contribution in [0.5, 0.6) is 0 Å². The van der Waals surface area contributed by atoms with Gasteiger partial charge in [0.25, 0.3) is 0 Å². The second-order valence-corrected chi connectivity index (χ2v) is 6.92. The Bertz CT molecular complexity index is 967. The molecule has 0 radical (unpaired) electrons. The van der Waals surface area contributed by atoms with E-state index >= 15 is 0 Å². The molecule has 2 heterocycles. The van der Waals surface area contributed by atoms with Crippen LogP contribution in [0.3, 0.4) is 0 Å². The molecular formula is C20H22N2O2. The minimum atomic E-state index is -0.0164. The van der Waals surface area contributed by atoms with Crippen LogP contribution in [0, 0.1) is 6.92 Å². The highest BCUT2D eigenvalue weighted by Gasteiger charge is 2.17. The van der Waals surface area contributed by atoms with Crippen molar-refractivity contribution in [3.8, 4) is 0 Å². The van der Waals surface area contributed by atoms with Crippen molar-refractivity contribution in [2.75, 3.05) is 5.73 Å². The molecule has 0 aliphatic heterocycles. The van der Waals surface area contributed by atoms with Crippen molar-refractivity contribution < 1.29 is 4.42 Å². The molecule has 1 aliphatic rings. The summed E-state index contributed by atoms with van der Waals surface area (Å²) >= 11 is 0. The highest BCUT2D eigenvalue weighted by atomic mass is 16.3. The Balaban J connectivity index is 1.89. The molecule has 0 atom stereocenters. The molecule has 0 spiro atoms. The van der Waals surface area contributed by atoms with Gasteiger partial charge in [-0.3, -0.25) is 4.79 Å². The van der Waals surface area contributed by atoms with Gasteiger partial charge in [-0.1, -0.05) is 31.7 Å². The average Bonchev–Trinajstić information content (AvgIpc) is 2.86. The van der Waals surface area contributed by atoms with E-state index in [4.69, 9.17) is 10.2 Å². The van der Waals surface area contributed by atoms with Crippen molar-refractivity contribution in [2.45, 2.75) is 51.4 Å². The zero-order valence-electron chi connectivity index (χ0n) is 14.0. The summed E-state index contributed by atoms with van der Waals surface area (Å²) in [5.74, 6) is 0.957. The summed E-state index contributed by atoms with van der Waals surface area (Å²) in [5.41, 5.74) is 8.79. The molecule has 0 unspecified atom stereocenters. The van der Waals surface area contributed by atoms with E-state index in [9.17, 15) is 4.79 Å². The van der Waals surface area contributed by atoms with Crippen LogP contribution in [0.15, 0.2) is 33.5 Å². The second-order valence-electron chi connectivity index (χ2n) is 6.92. The Morgan fingerprint density at radius 1 is 1.08 bits per heavy atom. The number of aryl methyl sites for hydroxylation is 1. The van der Waals surface area contributed by atoms with Gasteiger partial charge in [-0.25, -0.2) is 0 Å². The van der Waals surface area contributed by atoms with Gasteiger partial charge in [0.05, 0.1) is 10.8 Å². The molecule has 1 saturated carbocycles. The maximum Gasteiger partial charge on any atom is 0.232 e. The van der Waals surface area contributed by atoms with Crippen LogP contribution in [-0.2, 0) is 0 Å². The summed E-state index contributed by atoms with van der Waals surface area (Å²) < 4.78 is 5.84. The molecule has 0 saturated heterocycles. The van der Waals surface area contributed by atoms with Crippen LogP contribution >= 0.6 is 0 Å². The Hall–Kier alpha value is -2.36. The number of fused-ring (bicyclic) bond motifs is 2. The molecule has 1 fully saturated rings. The Kier molecular flexibility index (Phi) is 3.75. The summed E-state index contributed by atoms with van der Waals surface area (Å²) in [6.45, 7) is 1.85. The molecule has 4 rings (SSSR count). The number of nitrogens with zero attached hydrogens (tertiary/aromatic N) is 1. The lowest BCUT2D eigenvalue weighted by atomic mass is 9.91. The number of nitrogens with two attached hydrogens (primary N) is 1. The molecule has 3 aromatic rings. The Labute approximate surface area is 140 Å². The highest BCUT2D eigenvalue weighted by molar-refractivity contribution is 5.89. The SMILES string of the molecule is Cc1cc2c(=O)c3cc(C4CCCCCC4)ccc3oc2nc1N. The summed E-state index contributed by atoms with van der Waals surface area (Å²) in [7, 11) is 0. The van der Waals surface area contributed by atoms with Crippen molar-refractivity contribution in [1.29, 1.82) is 0 Å². The number of hydrogen-bond acceptors (Lipinski definition) is 4. The lowest BCUT2D eigenvalue weighted by molar-refractivity contribution is 0.592. The molecule has 1 aromatic carbocycles. The maximum atomic E-state index is 12.9. The van der Waals surface area contributed by atoms with Gasteiger partial charge in [-0.15, -0.1) is 0 Å². The van der Waals surface area contributed by atoms with Gasteiger partial charge < -0.3 is 10.2 Å². The summed E-state index contributed by atoms with van der Waals surface area (Å²) in [5, 5.41) is 1.16. The minimum Gasteiger partial charge on any atom is -0.437 e. The van der Waals surface area contributed by atoms with Crippen molar-refractivity contribution in [1.82, 2.24) is 4.98 Å². The summed E-state index contributed by atoms with van der Waals surface area (Å²) in [4.78, 5) is 17.1. The fourth-order valence-electron chi connectivity index (χ4n) is 3.78. The van der Waals surface area contributed by atoms with Crippen molar-refractivity contribution in [2.24, 2.45) is 0 Å². The number of hydrogen-bond donors (Lipinski definition) is 1. The number of pyridine rings is 1. The smallest absolute Gasteiger partial charge is 0.232 e. The summed E-state index contributed by atoms with van der Waals surface area (Å²) in [6.07, 6.45) is 7.62. The van der Waals surface area contributed by atoms with Gasteiger partial charge in [0.2, 0.25) is 11.1 Å². The fraction of sp³-hybridized carbons (Fsp3) is 0.400. The standard InChI is InChI=1S/C20H22N2O2/c1-12-10-16-18(23)15-11-14(13-6-4-2-3-5-7-13)8-9-17(15)24-20(16)22-19(12)21/h8-11,13H,2-7H2,1H3,(H2,21,22). The van der Waals surface area contributed by atoms with Gasteiger partial charge in [-0.2, -0.15) is 4.98 Å². The molecule has 2 aromatic heterocycles. The zero-order valence-corrected chi connectivity index (χ0v) is 14.0. The van der Waals surface area contributed by atoms with E-state index in [2.05, 4.69) is 11.1 Å². The van der Waals surface area contributed by atoms with E-state index in [0.29, 0.717) is 33.8 Å². The van der Waals surface area contributed by atoms with Crippen LogP contribution in [-0.4, -0.2) is 4.98 Å². The lowest BCUT2D eigenvalue weighted by Gasteiger charge is -2.15. The molecule has 4 nitrogen and oxygen atoms in total. The largest absolute Gasteiger partial charge is 0.437 e. The third-order valence-electron chi connectivity index (χ3n) is 5.24. The normalized spacial score (nSPS) is 16.5. The van der Waals surface area contributed by atoms with E-state index in [1.165, 1.54) is 44.1 Å². The first-order valence-corrected chi connectivity index (χ1v) is 8.77. The van der Waals surface area contributed by atoms with Crippen molar-refractivity contribution >= 4 is 27.9 Å². The second kappa shape index (κ2) is 5.93. The molecule has 4 heteroatoms. The molecule has 24 heavy (non-hydrogen) atoms. The number of rotatable bonds is 1. The first-order valence-electron chi connectivity index (χ1n) is 8.77. The third-order valence-corrected chi connectivity index (χ3v) is 5.24. The maximum absolute atomic E-state index is 12.9. The first-order chi connectivity index (χ1) is 11.6. The monoisotopic (exact) mass is 322 g/mol. The number of anilines is 1. The van der Waals surface area contributed by atoms with Gasteiger partial charge in [0.15, 0.2) is 0 Å². The average molecular weight is 322 g/mol. The van der Waals surface area contributed by atoms with Crippen LogP contribution in [0.25, 0.3) is 22.1 Å². The zero-order chi connectivity index (χ0) is 16.7. The predicted octanol–water partition coefficient (Wildman–Crippen LogP) is 4.67. The fourth-order valence-corrected chi connectivity index (χ4v) is 3.78. The molecule has 1 aliphatic carbocycles. The quantitative estimate of drug-likeness (QED) is 0.522. The van der Waals surface area contributed by atoms with E-state index in [-0.39, 0.29) is 5.43 Å². The number of aromatic nitrogens is 1. The molecular weight excluding hydrogens is 300 g/mol. The Morgan fingerprint density at radius 3 is 2.58 bits per heavy atom. The van der Waals surface area contributed by atoms with Crippen LogP contribution in [0.2, 0.25) is 0 Å².